The molecule has 0 aliphatic heterocycles. The number of fused-ring (bicyclic) bond motifs is 6. The molecule has 0 radical (unpaired) electrons. The van der Waals surface area contributed by atoms with E-state index in [1.807, 2.05) is 0 Å². The van der Waals surface area contributed by atoms with Gasteiger partial charge in [0.2, 0.25) is 0 Å². The van der Waals surface area contributed by atoms with Gasteiger partial charge in [-0.1, -0.05) is 120 Å². The molecule has 4 atom stereocenters. The molecule has 1 unspecified atom stereocenters. The Hall–Kier alpha value is -3.40. The maximum Gasteiger partial charge on any atom is 0.387 e. The summed E-state index contributed by atoms with van der Waals surface area (Å²) in [7, 11) is -3.57. The highest BCUT2D eigenvalue weighted by molar-refractivity contribution is 7.32. The highest BCUT2D eigenvalue weighted by Gasteiger charge is 2.43. The molecule has 4 aromatic carbocycles. The van der Waals surface area contributed by atoms with Crippen LogP contribution in [0.5, 0.6) is 0 Å². The van der Waals surface area contributed by atoms with Gasteiger partial charge in [0.25, 0.3) is 0 Å². The van der Waals surface area contributed by atoms with E-state index in [0.29, 0.717) is 11.8 Å². The maximum atomic E-state index is 7.25. The molecule has 0 saturated heterocycles. The molecule has 0 N–H and O–H groups in total. The smallest absolute Gasteiger partial charge is 0.387 e. The quantitative estimate of drug-likeness (QED) is 0.172. The molecule has 8 heteroatoms. The molecule has 2 aliphatic carbocycles. The highest BCUT2D eigenvalue weighted by atomic mass is 31.1. The summed E-state index contributed by atoms with van der Waals surface area (Å²) >= 11 is 0. The van der Waals surface area contributed by atoms with E-state index in [0.717, 1.165) is 82.4 Å². The maximum absolute atomic E-state index is 7.25. The minimum absolute atomic E-state index is 0.0245. The van der Waals surface area contributed by atoms with E-state index in [1.54, 1.807) is 0 Å². The Kier molecular flexibility index (Phi) is 11.8. The third-order valence-electron chi connectivity index (χ3n) is 13.4. The van der Waals surface area contributed by atoms with Crippen molar-refractivity contribution in [3.63, 3.8) is 0 Å². The Labute approximate surface area is 372 Å². The molecule has 6 aromatic rings. The van der Waals surface area contributed by atoms with Crippen LogP contribution in [0.15, 0.2) is 65.3 Å². The molecule has 334 valence electrons. The molecule has 8 rings (SSSR count). The van der Waals surface area contributed by atoms with Crippen molar-refractivity contribution in [1.82, 2.24) is 0 Å². The van der Waals surface area contributed by atoms with Crippen LogP contribution in [0.4, 0.5) is 0 Å². The van der Waals surface area contributed by atoms with Crippen LogP contribution in [0.1, 0.15) is 166 Å². The number of rotatable bonds is 5. The number of hydrogen-bond acceptors (Lipinski definition) is 6. The third-order valence-corrected chi connectivity index (χ3v) is 15.6. The van der Waals surface area contributed by atoms with Gasteiger partial charge in [-0.3, -0.25) is 9.05 Å². The zero-order valence-corrected chi connectivity index (χ0v) is 42.3. The second-order valence-electron chi connectivity index (χ2n) is 23.0. The van der Waals surface area contributed by atoms with Gasteiger partial charge in [-0.25, -0.2) is 0 Å². The molecule has 0 bridgehead atoms. The van der Waals surface area contributed by atoms with E-state index >= 15 is 0 Å². The lowest BCUT2D eigenvalue weighted by molar-refractivity contribution is 0.100. The lowest BCUT2D eigenvalue weighted by Gasteiger charge is -2.28. The first-order valence-electron chi connectivity index (χ1n) is 23.1. The van der Waals surface area contributed by atoms with E-state index in [1.165, 1.54) is 44.5 Å². The monoisotopic (exact) mass is 878 g/mol. The van der Waals surface area contributed by atoms with Gasteiger partial charge in [0.1, 0.15) is 22.3 Å². The summed E-state index contributed by atoms with van der Waals surface area (Å²) in [6, 6.07) is 18.2. The zero-order valence-electron chi connectivity index (χ0n) is 40.5. The summed E-state index contributed by atoms with van der Waals surface area (Å²) in [6.07, 6.45) is 6.23. The lowest BCUT2D eigenvalue weighted by atomic mass is 9.83. The van der Waals surface area contributed by atoms with Crippen LogP contribution in [0.2, 0.25) is 0 Å². The fourth-order valence-corrected chi connectivity index (χ4v) is 12.9. The van der Waals surface area contributed by atoms with Crippen molar-refractivity contribution < 1.29 is 25.8 Å². The SMILES string of the molecule is Cc1cc(C(C)(C)C)c2op(O[C@H]3CCCC3[C@H]3CCC[C@@H]3Op3oc4c(C(C)(C)C)cc(C)cc4c4cc(C)cc(C(C)(C)C)c4o3)oc3c(C(C)(C)C)cc(C)cc3c2c1. The molecule has 2 fully saturated rings. The molecule has 0 spiro atoms. The Morgan fingerprint density at radius 2 is 0.629 bits per heavy atom. The minimum atomic E-state index is -1.78. The zero-order chi connectivity index (χ0) is 44.8. The first-order chi connectivity index (χ1) is 28.9. The molecule has 62 heavy (non-hydrogen) atoms. The fraction of sp³-hybridized carbons (Fsp3) is 0.556. The predicted molar refractivity (Wildman–Crippen MR) is 262 cm³/mol. The molecule has 2 aromatic heterocycles. The van der Waals surface area contributed by atoms with Crippen molar-refractivity contribution in [2.45, 2.75) is 183 Å². The van der Waals surface area contributed by atoms with Crippen LogP contribution in [0.3, 0.4) is 0 Å². The van der Waals surface area contributed by atoms with E-state index in [-0.39, 0.29) is 33.9 Å². The van der Waals surface area contributed by atoms with Crippen molar-refractivity contribution in [3.8, 4) is 0 Å². The average Bonchev–Trinajstić information content (AvgIpc) is 3.73. The van der Waals surface area contributed by atoms with Gasteiger partial charge in [0.15, 0.2) is 0 Å². The summed E-state index contributed by atoms with van der Waals surface area (Å²) in [5.74, 6) is 0.587. The Bertz CT molecular complexity index is 2410. The van der Waals surface area contributed by atoms with Crippen molar-refractivity contribution in [2.24, 2.45) is 11.8 Å². The Balaban J connectivity index is 1.24. The fourth-order valence-electron chi connectivity index (χ4n) is 10.3. The first-order valence-corrected chi connectivity index (χ1v) is 25.3. The third kappa shape index (κ3) is 8.85. The van der Waals surface area contributed by atoms with Crippen LogP contribution in [-0.4, -0.2) is 12.2 Å². The molecular weight excluding hydrogens is 807 g/mol. The van der Waals surface area contributed by atoms with Crippen LogP contribution in [-0.2, 0) is 21.7 Å². The van der Waals surface area contributed by atoms with Crippen molar-refractivity contribution in [2.75, 3.05) is 0 Å². The number of hydrogen-bond donors (Lipinski definition) is 0. The minimum Gasteiger partial charge on any atom is -0.399 e. The second kappa shape index (κ2) is 16.2. The molecule has 6 nitrogen and oxygen atoms in total. The second-order valence-corrected chi connectivity index (χ2v) is 25.1. The number of benzene rings is 4. The summed E-state index contributed by atoms with van der Waals surface area (Å²) in [5, 5.41) is 4.35. The van der Waals surface area contributed by atoms with Gasteiger partial charge >= 0.3 is 16.5 Å². The summed E-state index contributed by atoms with van der Waals surface area (Å²) < 4.78 is 42.9. The van der Waals surface area contributed by atoms with Gasteiger partial charge in [-0.05, 0) is 133 Å². The molecule has 0 amide bonds. The summed E-state index contributed by atoms with van der Waals surface area (Å²) in [5.41, 5.74) is 12.5. The summed E-state index contributed by atoms with van der Waals surface area (Å²) in [4.78, 5) is 0. The standard InChI is InChI=1S/C54H72O6P2/c1-31-23-37-38-24-32(2)28-42(52(8,9)10)48(38)58-61(57-47(37)41(27-31)51(5,6)7)55-45-21-17-19-35(45)36-20-18-22-46(36)56-62-59-49-39(25-33(3)29-43(49)53(11,12)13)40-26-34(4)30-44(50(40)60-62)54(14,15)16/h23-30,35-36,45-46H,17-22H2,1-16H3/t35-,36?,45+,46+/m1/s1. The van der Waals surface area contributed by atoms with Crippen LogP contribution < -0.4 is 9.05 Å². The largest absolute Gasteiger partial charge is 0.399 e. The van der Waals surface area contributed by atoms with E-state index in [4.69, 9.17) is 25.8 Å². The first kappa shape index (κ1) is 45.2. The van der Waals surface area contributed by atoms with Gasteiger partial charge in [0.05, 0.1) is 12.2 Å². The number of aryl methyl sites for hydroxylation is 4. The van der Waals surface area contributed by atoms with Crippen LogP contribution >= 0.6 is 16.5 Å². The van der Waals surface area contributed by atoms with Gasteiger partial charge in [0, 0.05) is 43.8 Å². The average molecular weight is 879 g/mol. The van der Waals surface area contributed by atoms with Gasteiger partial charge in [-0.15, -0.1) is 0 Å². The topological polar surface area (TPSA) is 71.0 Å². The Morgan fingerprint density at radius 1 is 0.387 bits per heavy atom. The van der Waals surface area contributed by atoms with Crippen molar-refractivity contribution in [1.29, 1.82) is 0 Å². The molecule has 2 heterocycles. The van der Waals surface area contributed by atoms with Gasteiger partial charge < -0.3 is 16.8 Å². The van der Waals surface area contributed by atoms with E-state index in [9.17, 15) is 0 Å². The highest BCUT2D eigenvalue weighted by Crippen LogP contribution is 2.50. The van der Waals surface area contributed by atoms with Crippen LogP contribution in [0, 0.1) is 39.5 Å². The van der Waals surface area contributed by atoms with E-state index < -0.39 is 16.5 Å². The molecule has 2 aliphatic rings. The lowest BCUT2D eigenvalue weighted by Crippen LogP contribution is -2.33. The van der Waals surface area contributed by atoms with Crippen molar-refractivity contribution in [3.05, 3.63) is 93.0 Å². The van der Waals surface area contributed by atoms with Gasteiger partial charge in [-0.2, -0.15) is 0 Å². The Morgan fingerprint density at radius 3 is 0.855 bits per heavy atom. The molecule has 2 saturated carbocycles. The predicted octanol–water partition coefficient (Wildman–Crippen LogP) is 17.2. The van der Waals surface area contributed by atoms with E-state index in [2.05, 4.69) is 159 Å². The normalized spacial score (nSPS) is 20.3. The summed E-state index contributed by atoms with van der Waals surface area (Å²) in [6.45, 7) is 35.9. The van der Waals surface area contributed by atoms with Crippen molar-refractivity contribution >= 4 is 60.4 Å². The van der Waals surface area contributed by atoms with Crippen LogP contribution in [0.25, 0.3) is 43.9 Å². The molecular formula is C54H72O6P2.